The van der Waals surface area contributed by atoms with Gasteiger partial charge in [-0.3, -0.25) is 5.32 Å². The van der Waals surface area contributed by atoms with Crippen molar-refractivity contribution >= 4 is 23.4 Å². The molecule has 1 amide bonds. The minimum absolute atomic E-state index is 0.144. The van der Waals surface area contributed by atoms with Crippen LogP contribution in [0.4, 0.5) is 10.5 Å². The molecule has 100 valence electrons. The molecule has 0 bridgehead atoms. The maximum absolute atomic E-state index is 11.6. The number of aliphatic hydroxyl groups excluding tert-OH is 1. The van der Waals surface area contributed by atoms with Crippen LogP contribution in [0.3, 0.4) is 0 Å². The van der Waals surface area contributed by atoms with Gasteiger partial charge in [0.25, 0.3) is 0 Å². The molecule has 0 aromatic carbocycles. The topological polar surface area (TPSA) is 71.5 Å². The van der Waals surface area contributed by atoms with Crippen LogP contribution in [0, 0.1) is 0 Å². The van der Waals surface area contributed by atoms with Crippen LogP contribution >= 0.6 is 11.6 Å². The molecule has 0 spiro atoms. The predicted molar refractivity (Wildman–Crippen MR) is 69.7 cm³/mol. The van der Waals surface area contributed by atoms with Crippen molar-refractivity contribution in [2.75, 3.05) is 5.32 Å². The Hall–Kier alpha value is -1.33. The summed E-state index contributed by atoms with van der Waals surface area (Å²) < 4.78 is 5.10. The normalized spacial score (nSPS) is 13.0. The predicted octanol–water partition coefficient (Wildman–Crippen LogP) is 3.14. The molecule has 1 heterocycles. The number of anilines is 1. The van der Waals surface area contributed by atoms with Crippen LogP contribution in [0.25, 0.3) is 0 Å². The maximum atomic E-state index is 11.6. The van der Waals surface area contributed by atoms with Gasteiger partial charge in [-0.25, -0.2) is 9.78 Å². The van der Waals surface area contributed by atoms with Gasteiger partial charge in [0.15, 0.2) is 5.15 Å². The lowest BCUT2D eigenvalue weighted by Gasteiger charge is -2.20. The highest BCUT2D eigenvalue weighted by molar-refractivity contribution is 6.32. The summed E-state index contributed by atoms with van der Waals surface area (Å²) in [5, 5.41) is 12.1. The first-order valence-corrected chi connectivity index (χ1v) is 5.90. The number of aromatic nitrogens is 1. The van der Waals surface area contributed by atoms with Crippen LogP contribution in [0.2, 0.25) is 5.15 Å². The Labute approximate surface area is 111 Å². The van der Waals surface area contributed by atoms with Crippen molar-refractivity contribution < 1.29 is 14.6 Å². The highest BCUT2D eigenvalue weighted by atomic mass is 35.5. The van der Waals surface area contributed by atoms with Gasteiger partial charge in [0, 0.05) is 11.8 Å². The van der Waals surface area contributed by atoms with Crippen molar-refractivity contribution in [1.29, 1.82) is 0 Å². The lowest BCUT2D eigenvalue weighted by molar-refractivity contribution is 0.0635. The average molecular weight is 273 g/mol. The maximum Gasteiger partial charge on any atom is 0.412 e. The van der Waals surface area contributed by atoms with E-state index in [1.807, 2.05) is 0 Å². The van der Waals surface area contributed by atoms with Crippen molar-refractivity contribution in [2.45, 2.75) is 39.4 Å². The molecule has 0 aliphatic heterocycles. The van der Waals surface area contributed by atoms with E-state index in [1.54, 1.807) is 33.8 Å². The van der Waals surface area contributed by atoms with Gasteiger partial charge in [0.05, 0.1) is 11.8 Å². The number of pyridine rings is 1. The van der Waals surface area contributed by atoms with E-state index in [-0.39, 0.29) is 5.15 Å². The zero-order valence-corrected chi connectivity index (χ0v) is 11.6. The zero-order valence-electron chi connectivity index (χ0n) is 10.8. The van der Waals surface area contributed by atoms with Crippen molar-refractivity contribution in [1.82, 2.24) is 4.98 Å². The molecule has 1 atom stereocenters. The molecule has 1 rings (SSSR count). The van der Waals surface area contributed by atoms with Crippen molar-refractivity contribution in [3.05, 3.63) is 23.0 Å². The van der Waals surface area contributed by atoms with Crippen LogP contribution in [0.15, 0.2) is 12.3 Å². The van der Waals surface area contributed by atoms with Gasteiger partial charge >= 0.3 is 6.09 Å². The van der Waals surface area contributed by atoms with Crippen LogP contribution < -0.4 is 5.32 Å². The highest BCUT2D eigenvalue weighted by Crippen LogP contribution is 2.24. The lowest BCUT2D eigenvalue weighted by Crippen LogP contribution is -2.27. The smallest absolute Gasteiger partial charge is 0.412 e. The molecule has 6 heteroatoms. The third-order valence-corrected chi connectivity index (χ3v) is 2.28. The first-order chi connectivity index (χ1) is 8.19. The Kier molecular flexibility index (Phi) is 4.53. The molecule has 1 aromatic rings. The third kappa shape index (κ3) is 4.50. The number of halogens is 1. The van der Waals surface area contributed by atoms with E-state index in [0.29, 0.717) is 11.3 Å². The number of nitrogens with zero attached hydrogens (tertiary/aromatic N) is 1. The Balaban J connectivity index is 2.84. The average Bonchev–Trinajstić information content (AvgIpc) is 2.18. The number of aliphatic hydroxyl groups is 1. The van der Waals surface area contributed by atoms with Crippen molar-refractivity contribution in [3.63, 3.8) is 0 Å². The minimum Gasteiger partial charge on any atom is -0.444 e. The number of carbonyl (C=O) groups is 1. The molecular weight excluding hydrogens is 256 g/mol. The number of rotatable bonds is 2. The fourth-order valence-electron chi connectivity index (χ4n) is 1.19. The molecule has 2 N–H and O–H groups in total. The summed E-state index contributed by atoms with van der Waals surface area (Å²) in [6.07, 6.45) is 0.149. The molecule has 0 saturated carbocycles. The van der Waals surface area contributed by atoms with E-state index in [2.05, 4.69) is 10.3 Å². The Morgan fingerprint density at radius 1 is 1.56 bits per heavy atom. The number of carbonyl (C=O) groups excluding carboxylic acids is 1. The first-order valence-electron chi connectivity index (χ1n) is 5.52. The number of amides is 1. The number of ether oxygens (including phenoxy) is 1. The SMILES string of the molecule is CC(O)c1cnc(Cl)c(NC(=O)OC(C)(C)C)c1. The summed E-state index contributed by atoms with van der Waals surface area (Å²) in [7, 11) is 0. The monoisotopic (exact) mass is 272 g/mol. The zero-order chi connectivity index (χ0) is 13.9. The fourth-order valence-corrected chi connectivity index (χ4v) is 1.34. The van der Waals surface area contributed by atoms with E-state index in [1.165, 1.54) is 6.20 Å². The van der Waals surface area contributed by atoms with E-state index in [4.69, 9.17) is 16.3 Å². The second-order valence-electron chi connectivity index (χ2n) is 4.91. The Morgan fingerprint density at radius 3 is 2.67 bits per heavy atom. The van der Waals surface area contributed by atoms with E-state index < -0.39 is 17.8 Å². The van der Waals surface area contributed by atoms with Gasteiger partial charge in [0.2, 0.25) is 0 Å². The quantitative estimate of drug-likeness (QED) is 0.812. The van der Waals surface area contributed by atoms with Gasteiger partial charge in [-0.1, -0.05) is 11.6 Å². The number of nitrogens with one attached hydrogen (secondary N) is 1. The second-order valence-corrected chi connectivity index (χ2v) is 5.27. The summed E-state index contributed by atoms with van der Waals surface area (Å²) in [6, 6.07) is 1.56. The van der Waals surface area contributed by atoms with Crippen LogP contribution in [-0.2, 0) is 4.74 Å². The summed E-state index contributed by atoms with van der Waals surface area (Å²) in [5.41, 5.74) is 0.279. The first kappa shape index (κ1) is 14.7. The summed E-state index contributed by atoms with van der Waals surface area (Å²) in [4.78, 5) is 15.5. The largest absolute Gasteiger partial charge is 0.444 e. The lowest BCUT2D eigenvalue weighted by atomic mass is 10.2. The molecule has 0 saturated heterocycles. The van der Waals surface area contributed by atoms with Gasteiger partial charge in [0.1, 0.15) is 5.60 Å². The summed E-state index contributed by atoms with van der Waals surface area (Å²) >= 11 is 5.85. The highest BCUT2D eigenvalue weighted by Gasteiger charge is 2.17. The van der Waals surface area contributed by atoms with Gasteiger partial charge < -0.3 is 9.84 Å². The van der Waals surface area contributed by atoms with Crippen molar-refractivity contribution in [3.8, 4) is 0 Å². The van der Waals surface area contributed by atoms with Crippen LogP contribution in [0.1, 0.15) is 39.4 Å². The summed E-state index contributed by atoms with van der Waals surface area (Å²) in [5.74, 6) is 0. The van der Waals surface area contributed by atoms with Gasteiger partial charge in [-0.15, -0.1) is 0 Å². The van der Waals surface area contributed by atoms with Crippen LogP contribution in [0.5, 0.6) is 0 Å². The molecule has 5 nitrogen and oxygen atoms in total. The van der Waals surface area contributed by atoms with Gasteiger partial charge in [-0.05, 0) is 33.8 Å². The molecule has 1 unspecified atom stereocenters. The van der Waals surface area contributed by atoms with Crippen molar-refractivity contribution in [2.24, 2.45) is 0 Å². The molecule has 0 aliphatic rings. The van der Waals surface area contributed by atoms with Crippen LogP contribution in [-0.4, -0.2) is 21.8 Å². The number of hydrogen-bond donors (Lipinski definition) is 2. The molecule has 0 aliphatic carbocycles. The molecule has 0 fully saturated rings. The van der Waals surface area contributed by atoms with E-state index >= 15 is 0 Å². The molecule has 0 radical (unpaired) electrons. The molecule has 18 heavy (non-hydrogen) atoms. The molecule has 1 aromatic heterocycles. The second kappa shape index (κ2) is 5.54. The van der Waals surface area contributed by atoms with E-state index in [9.17, 15) is 9.90 Å². The minimum atomic E-state index is -0.686. The number of hydrogen-bond acceptors (Lipinski definition) is 4. The Bertz CT molecular complexity index is 441. The van der Waals surface area contributed by atoms with E-state index in [0.717, 1.165) is 0 Å². The molecular formula is C12H17ClN2O3. The third-order valence-electron chi connectivity index (χ3n) is 1.98. The fraction of sp³-hybridized carbons (Fsp3) is 0.500. The Morgan fingerprint density at radius 2 is 2.17 bits per heavy atom. The van der Waals surface area contributed by atoms with Gasteiger partial charge in [-0.2, -0.15) is 0 Å². The standard InChI is InChI=1S/C12H17ClN2O3/c1-7(16)8-5-9(10(13)14-6-8)15-11(17)18-12(2,3)4/h5-7,16H,1-4H3,(H,15,17). The summed E-state index contributed by atoms with van der Waals surface area (Å²) in [6.45, 7) is 6.89.